The summed E-state index contributed by atoms with van der Waals surface area (Å²) in [6, 6.07) is 0. The molecule has 0 heterocycles. The smallest absolute Gasteiger partial charge is 0.324 e. The minimum atomic E-state index is -1.78. The van der Waals surface area contributed by atoms with E-state index in [4.69, 9.17) is 18.9 Å². The first-order valence-corrected chi connectivity index (χ1v) is 18.3. The lowest BCUT2D eigenvalue weighted by Gasteiger charge is -2.57. The Balaban J connectivity index is 1.24. The van der Waals surface area contributed by atoms with E-state index in [2.05, 4.69) is 0 Å². The lowest BCUT2D eigenvalue weighted by Crippen LogP contribution is -2.59. The minimum absolute atomic E-state index is 0.0718. The van der Waals surface area contributed by atoms with Crippen LogP contribution in [0.2, 0.25) is 0 Å². The quantitative estimate of drug-likeness (QED) is 0.172. The highest BCUT2D eigenvalue weighted by Gasteiger charge is 2.63. The molecule has 256 valence electrons. The zero-order chi connectivity index (χ0) is 32.9. The SMILES string of the molecule is CC(C)(C)OC(=O)C1CC(C(=O)OC(C)(C)C)CC(C(=O)OC23CC4CC(CC(C4)C2)C3)(C(=O)OC23CC4CC(CC(C4)C2)C3)C1. The van der Waals surface area contributed by atoms with Crippen LogP contribution in [0.1, 0.15) is 138 Å². The molecule has 0 aromatic rings. The standard InChI is InChI=1S/C38H56O8/c1-34(2,3)43-30(39)28-13-29(31(40)44-35(4,5)6)21-38(20-28,32(41)45-36-14-22-7-23(15-36)9-24(8-22)16-36)33(42)46-37-17-25-10-26(18-37)12-27(11-25)19-37/h22-29H,7-21H2,1-6H3. The van der Waals surface area contributed by atoms with Crippen LogP contribution in [0.15, 0.2) is 0 Å². The van der Waals surface area contributed by atoms with Crippen molar-refractivity contribution >= 4 is 23.9 Å². The molecule has 9 aliphatic carbocycles. The fourth-order valence-electron chi connectivity index (χ4n) is 11.9. The van der Waals surface area contributed by atoms with Gasteiger partial charge in [-0.05, 0) is 173 Å². The monoisotopic (exact) mass is 640 g/mol. The molecule has 9 fully saturated rings. The van der Waals surface area contributed by atoms with Crippen LogP contribution in [0.5, 0.6) is 0 Å². The second-order valence-corrected chi connectivity index (χ2v) is 19.2. The maximum absolute atomic E-state index is 14.9. The number of hydrogen-bond donors (Lipinski definition) is 0. The summed E-state index contributed by atoms with van der Waals surface area (Å²) in [4.78, 5) is 57.3. The van der Waals surface area contributed by atoms with E-state index < -0.39 is 63.5 Å². The largest absolute Gasteiger partial charge is 0.460 e. The third-order valence-corrected chi connectivity index (χ3v) is 12.6. The average Bonchev–Trinajstić information content (AvgIpc) is 2.88. The molecule has 0 aromatic heterocycles. The van der Waals surface area contributed by atoms with Gasteiger partial charge < -0.3 is 18.9 Å². The van der Waals surface area contributed by atoms with Crippen molar-refractivity contribution in [2.75, 3.05) is 0 Å². The fourth-order valence-corrected chi connectivity index (χ4v) is 11.9. The molecule has 0 amide bonds. The lowest BCUT2D eigenvalue weighted by atomic mass is 9.54. The average molecular weight is 641 g/mol. The van der Waals surface area contributed by atoms with Crippen LogP contribution in [0.25, 0.3) is 0 Å². The molecule has 2 unspecified atom stereocenters. The topological polar surface area (TPSA) is 105 Å². The molecule has 2 atom stereocenters. The number of rotatable bonds is 6. The van der Waals surface area contributed by atoms with Gasteiger partial charge in [0, 0.05) is 0 Å². The molecule has 8 bridgehead atoms. The Morgan fingerprint density at radius 1 is 0.457 bits per heavy atom. The van der Waals surface area contributed by atoms with Crippen molar-refractivity contribution in [3.8, 4) is 0 Å². The number of ether oxygens (including phenoxy) is 4. The summed E-state index contributed by atoms with van der Waals surface area (Å²) in [7, 11) is 0. The normalized spacial score (nSPS) is 44.0. The van der Waals surface area contributed by atoms with E-state index in [-0.39, 0.29) is 19.3 Å². The molecule has 0 aromatic carbocycles. The van der Waals surface area contributed by atoms with Gasteiger partial charge in [-0.15, -0.1) is 0 Å². The highest BCUT2D eigenvalue weighted by Crippen LogP contribution is 2.60. The third kappa shape index (κ3) is 6.24. The lowest BCUT2D eigenvalue weighted by molar-refractivity contribution is -0.218. The second kappa shape index (κ2) is 10.9. The summed E-state index contributed by atoms with van der Waals surface area (Å²) >= 11 is 0. The maximum Gasteiger partial charge on any atom is 0.324 e. The van der Waals surface area contributed by atoms with Crippen LogP contribution in [0.4, 0.5) is 0 Å². The van der Waals surface area contributed by atoms with Gasteiger partial charge in [0.25, 0.3) is 0 Å². The molecular weight excluding hydrogens is 584 g/mol. The van der Waals surface area contributed by atoms with Gasteiger partial charge >= 0.3 is 23.9 Å². The Bertz CT molecular complexity index is 1100. The Labute approximate surface area is 274 Å². The number of carbonyl (C=O) groups excluding carboxylic acids is 4. The highest BCUT2D eigenvalue weighted by molar-refractivity contribution is 6.02. The Morgan fingerprint density at radius 2 is 0.739 bits per heavy atom. The number of esters is 4. The predicted octanol–water partition coefficient (Wildman–Crippen LogP) is 7.10. The first-order chi connectivity index (χ1) is 21.4. The van der Waals surface area contributed by atoms with Crippen molar-refractivity contribution in [1.82, 2.24) is 0 Å². The molecule has 0 aliphatic heterocycles. The molecule has 9 rings (SSSR count). The van der Waals surface area contributed by atoms with Gasteiger partial charge in [0.2, 0.25) is 0 Å². The van der Waals surface area contributed by atoms with Crippen molar-refractivity contribution in [2.24, 2.45) is 52.8 Å². The fraction of sp³-hybridized carbons (Fsp3) is 0.895. The van der Waals surface area contributed by atoms with E-state index in [0.29, 0.717) is 35.5 Å². The van der Waals surface area contributed by atoms with E-state index in [1.54, 1.807) is 41.5 Å². The summed E-state index contributed by atoms with van der Waals surface area (Å²) in [5.74, 6) is -0.643. The zero-order valence-corrected chi connectivity index (χ0v) is 29.0. The molecule has 0 saturated heterocycles. The van der Waals surface area contributed by atoms with E-state index in [9.17, 15) is 19.2 Å². The molecule has 0 N–H and O–H groups in total. The van der Waals surface area contributed by atoms with Gasteiger partial charge in [0.05, 0.1) is 11.8 Å². The molecule has 0 radical (unpaired) electrons. The Hall–Kier alpha value is -2.12. The number of hydrogen-bond acceptors (Lipinski definition) is 8. The van der Waals surface area contributed by atoms with Crippen molar-refractivity contribution < 1.29 is 38.1 Å². The summed E-state index contributed by atoms with van der Waals surface area (Å²) in [6.07, 6.45) is 12.1. The summed E-state index contributed by atoms with van der Waals surface area (Å²) in [5, 5.41) is 0. The molecule has 8 heteroatoms. The molecule has 9 aliphatic rings. The van der Waals surface area contributed by atoms with E-state index in [1.807, 2.05) is 0 Å². The van der Waals surface area contributed by atoms with Crippen LogP contribution in [-0.2, 0) is 38.1 Å². The Kier molecular flexibility index (Phi) is 7.72. The van der Waals surface area contributed by atoms with Crippen molar-refractivity contribution in [1.29, 1.82) is 0 Å². The van der Waals surface area contributed by atoms with Crippen LogP contribution in [0.3, 0.4) is 0 Å². The first kappa shape index (κ1) is 32.4. The number of carbonyl (C=O) groups is 4. The van der Waals surface area contributed by atoms with Crippen molar-refractivity contribution in [3.05, 3.63) is 0 Å². The van der Waals surface area contributed by atoms with E-state index in [0.717, 1.165) is 38.5 Å². The molecule has 9 saturated carbocycles. The minimum Gasteiger partial charge on any atom is -0.460 e. The van der Waals surface area contributed by atoms with Gasteiger partial charge in [0.1, 0.15) is 22.4 Å². The van der Waals surface area contributed by atoms with Gasteiger partial charge in [-0.2, -0.15) is 0 Å². The van der Waals surface area contributed by atoms with Crippen molar-refractivity contribution in [3.63, 3.8) is 0 Å². The molecule has 8 nitrogen and oxygen atoms in total. The van der Waals surface area contributed by atoms with Crippen LogP contribution in [-0.4, -0.2) is 46.3 Å². The van der Waals surface area contributed by atoms with Crippen LogP contribution in [0, 0.1) is 52.8 Å². The van der Waals surface area contributed by atoms with E-state index in [1.165, 1.54) is 38.5 Å². The van der Waals surface area contributed by atoms with Crippen LogP contribution >= 0.6 is 0 Å². The summed E-state index contributed by atoms with van der Waals surface area (Å²) in [6.45, 7) is 10.8. The second-order valence-electron chi connectivity index (χ2n) is 19.2. The predicted molar refractivity (Wildman–Crippen MR) is 169 cm³/mol. The van der Waals surface area contributed by atoms with Gasteiger partial charge in [0.15, 0.2) is 5.41 Å². The molecule has 0 spiro atoms. The van der Waals surface area contributed by atoms with Crippen LogP contribution < -0.4 is 0 Å². The molecular formula is C38H56O8. The molecule has 46 heavy (non-hydrogen) atoms. The summed E-state index contributed by atoms with van der Waals surface area (Å²) < 4.78 is 25.0. The van der Waals surface area contributed by atoms with Crippen molar-refractivity contribution in [2.45, 2.75) is 160 Å². The van der Waals surface area contributed by atoms with Gasteiger partial charge in [-0.1, -0.05) is 0 Å². The van der Waals surface area contributed by atoms with Gasteiger partial charge in [-0.25, -0.2) is 0 Å². The maximum atomic E-state index is 14.9. The zero-order valence-electron chi connectivity index (χ0n) is 29.0. The third-order valence-electron chi connectivity index (χ3n) is 12.6. The van der Waals surface area contributed by atoms with E-state index >= 15 is 0 Å². The first-order valence-electron chi connectivity index (χ1n) is 18.3. The Morgan fingerprint density at radius 3 is 1.00 bits per heavy atom. The highest BCUT2D eigenvalue weighted by atomic mass is 16.6. The summed E-state index contributed by atoms with van der Waals surface area (Å²) in [5.41, 5.74) is -4.48. The van der Waals surface area contributed by atoms with Gasteiger partial charge in [-0.3, -0.25) is 19.2 Å².